The van der Waals surface area contributed by atoms with Gasteiger partial charge in [0.15, 0.2) is 0 Å². The Balaban J connectivity index is 2.60. The SMILES string of the molecule is C=CC(=O)N(C)c1cccc2ccccc12. The topological polar surface area (TPSA) is 20.3 Å². The average Bonchev–Trinajstić information content (AvgIpc) is 2.36. The number of carbonyl (C=O) groups is 1. The highest BCUT2D eigenvalue weighted by molar-refractivity contribution is 6.07. The molecule has 0 spiro atoms. The Kier molecular flexibility index (Phi) is 2.73. The van der Waals surface area contributed by atoms with E-state index in [0.29, 0.717) is 0 Å². The first-order chi connectivity index (χ1) is 7.74. The van der Waals surface area contributed by atoms with E-state index in [2.05, 4.69) is 6.58 Å². The number of likely N-dealkylation sites (N-methyl/N-ethyl adjacent to an activating group) is 1. The van der Waals surface area contributed by atoms with E-state index in [1.165, 1.54) is 6.08 Å². The maximum absolute atomic E-state index is 11.6. The highest BCUT2D eigenvalue weighted by atomic mass is 16.2. The summed E-state index contributed by atoms with van der Waals surface area (Å²) in [4.78, 5) is 13.2. The van der Waals surface area contributed by atoms with Gasteiger partial charge in [-0.15, -0.1) is 0 Å². The molecule has 0 bridgehead atoms. The van der Waals surface area contributed by atoms with Gasteiger partial charge < -0.3 is 4.90 Å². The summed E-state index contributed by atoms with van der Waals surface area (Å²) >= 11 is 0. The van der Waals surface area contributed by atoms with Gasteiger partial charge in [0.1, 0.15) is 0 Å². The predicted molar refractivity (Wildman–Crippen MR) is 67.6 cm³/mol. The molecule has 0 aromatic heterocycles. The molecule has 0 fully saturated rings. The van der Waals surface area contributed by atoms with Crippen LogP contribution in [0, 0.1) is 0 Å². The van der Waals surface area contributed by atoms with Crippen LogP contribution in [0.1, 0.15) is 0 Å². The van der Waals surface area contributed by atoms with Gasteiger partial charge in [-0.25, -0.2) is 0 Å². The minimum Gasteiger partial charge on any atom is -0.311 e. The van der Waals surface area contributed by atoms with Crippen LogP contribution in [0.5, 0.6) is 0 Å². The third-order valence-electron chi connectivity index (χ3n) is 2.63. The van der Waals surface area contributed by atoms with Gasteiger partial charge in [-0.3, -0.25) is 4.79 Å². The Morgan fingerprint density at radius 3 is 2.62 bits per heavy atom. The molecule has 0 aliphatic heterocycles. The summed E-state index contributed by atoms with van der Waals surface area (Å²) in [7, 11) is 1.76. The van der Waals surface area contributed by atoms with Crippen molar-refractivity contribution in [3.63, 3.8) is 0 Å². The number of hydrogen-bond acceptors (Lipinski definition) is 1. The van der Waals surface area contributed by atoms with Crippen molar-refractivity contribution >= 4 is 22.4 Å². The molecule has 80 valence electrons. The largest absolute Gasteiger partial charge is 0.311 e. The Morgan fingerprint density at radius 2 is 1.88 bits per heavy atom. The smallest absolute Gasteiger partial charge is 0.250 e. The fourth-order valence-electron chi connectivity index (χ4n) is 1.76. The van der Waals surface area contributed by atoms with Gasteiger partial charge in [-0.05, 0) is 17.5 Å². The molecule has 2 heteroatoms. The van der Waals surface area contributed by atoms with E-state index in [9.17, 15) is 4.79 Å². The third kappa shape index (κ3) is 1.70. The van der Waals surface area contributed by atoms with Crippen LogP contribution in [-0.4, -0.2) is 13.0 Å². The lowest BCUT2D eigenvalue weighted by atomic mass is 10.1. The highest BCUT2D eigenvalue weighted by Gasteiger charge is 2.09. The molecule has 0 unspecified atom stereocenters. The molecule has 2 rings (SSSR count). The minimum atomic E-state index is -0.101. The molecule has 0 heterocycles. The van der Waals surface area contributed by atoms with Gasteiger partial charge in [0.05, 0.1) is 5.69 Å². The van der Waals surface area contributed by atoms with Gasteiger partial charge in [-0.1, -0.05) is 43.0 Å². The number of hydrogen-bond donors (Lipinski definition) is 0. The van der Waals surface area contributed by atoms with E-state index in [0.717, 1.165) is 16.5 Å². The fraction of sp³-hybridized carbons (Fsp3) is 0.0714. The summed E-state index contributed by atoms with van der Waals surface area (Å²) in [6.45, 7) is 3.50. The van der Waals surface area contributed by atoms with Crippen LogP contribution in [0.25, 0.3) is 10.8 Å². The molecular formula is C14H13NO. The first-order valence-electron chi connectivity index (χ1n) is 5.12. The zero-order valence-corrected chi connectivity index (χ0v) is 9.18. The number of anilines is 1. The first kappa shape index (κ1) is 10.4. The number of nitrogens with zero attached hydrogens (tertiary/aromatic N) is 1. The van der Waals surface area contributed by atoms with E-state index in [1.807, 2.05) is 42.5 Å². The molecule has 16 heavy (non-hydrogen) atoms. The Bertz CT molecular complexity index is 540. The molecule has 0 radical (unpaired) electrons. The lowest BCUT2D eigenvalue weighted by Gasteiger charge is -2.17. The molecule has 0 saturated heterocycles. The fourth-order valence-corrected chi connectivity index (χ4v) is 1.76. The maximum Gasteiger partial charge on any atom is 0.250 e. The van der Waals surface area contributed by atoms with Crippen molar-refractivity contribution in [1.82, 2.24) is 0 Å². The summed E-state index contributed by atoms with van der Waals surface area (Å²) in [6, 6.07) is 13.9. The Labute approximate surface area is 94.8 Å². The molecule has 0 aliphatic rings. The summed E-state index contributed by atoms with van der Waals surface area (Å²) in [5.74, 6) is -0.101. The third-order valence-corrected chi connectivity index (χ3v) is 2.63. The quantitative estimate of drug-likeness (QED) is 0.699. The van der Waals surface area contributed by atoms with Gasteiger partial charge in [0.25, 0.3) is 0 Å². The number of carbonyl (C=O) groups excluding carboxylic acids is 1. The number of fused-ring (bicyclic) bond motifs is 1. The van der Waals surface area contributed by atoms with E-state index >= 15 is 0 Å². The van der Waals surface area contributed by atoms with Gasteiger partial charge in [-0.2, -0.15) is 0 Å². The summed E-state index contributed by atoms with van der Waals surface area (Å²) in [5, 5.41) is 2.20. The van der Waals surface area contributed by atoms with Crippen molar-refractivity contribution in [2.75, 3.05) is 11.9 Å². The van der Waals surface area contributed by atoms with Crippen LogP contribution in [0.15, 0.2) is 55.1 Å². The van der Waals surface area contributed by atoms with Crippen molar-refractivity contribution in [2.45, 2.75) is 0 Å². The van der Waals surface area contributed by atoms with Crippen LogP contribution < -0.4 is 4.90 Å². The number of rotatable bonds is 2. The maximum atomic E-state index is 11.6. The second-order valence-electron chi connectivity index (χ2n) is 3.60. The molecule has 0 saturated carbocycles. The second kappa shape index (κ2) is 4.19. The lowest BCUT2D eigenvalue weighted by molar-refractivity contribution is -0.113. The molecule has 2 aromatic carbocycles. The molecule has 1 amide bonds. The van der Waals surface area contributed by atoms with E-state index < -0.39 is 0 Å². The standard InChI is InChI=1S/C14H13NO/c1-3-14(16)15(2)13-10-6-8-11-7-4-5-9-12(11)13/h3-10H,1H2,2H3. The van der Waals surface area contributed by atoms with Crippen molar-refractivity contribution in [2.24, 2.45) is 0 Å². The first-order valence-corrected chi connectivity index (χ1v) is 5.12. The monoisotopic (exact) mass is 211 g/mol. The van der Waals surface area contributed by atoms with Gasteiger partial charge in [0, 0.05) is 12.4 Å². The van der Waals surface area contributed by atoms with E-state index in [4.69, 9.17) is 0 Å². The van der Waals surface area contributed by atoms with Crippen LogP contribution in [0.2, 0.25) is 0 Å². The van der Waals surface area contributed by atoms with E-state index in [-0.39, 0.29) is 5.91 Å². The lowest BCUT2D eigenvalue weighted by Crippen LogP contribution is -2.23. The normalized spacial score (nSPS) is 10.1. The molecule has 0 atom stereocenters. The summed E-state index contributed by atoms with van der Waals surface area (Å²) < 4.78 is 0. The minimum absolute atomic E-state index is 0.101. The van der Waals surface area contributed by atoms with Crippen molar-refractivity contribution in [1.29, 1.82) is 0 Å². The Morgan fingerprint density at radius 1 is 1.19 bits per heavy atom. The zero-order chi connectivity index (χ0) is 11.5. The van der Waals surface area contributed by atoms with Crippen molar-refractivity contribution < 1.29 is 4.79 Å². The summed E-state index contributed by atoms with van der Waals surface area (Å²) in [5.41, 5.74) is 0.906. The molecule has 2 aromatic rings. The second-order valence-corrected chi connectivity index (χ2v) is 3.60. The molecule has 0 N–H and O–H groups in total. The van der Waals surface area contributed by atoms with Crippen LogP contribution in [0.3, 0.4) is 0 Å². The zero-order valence-electron chi connectivity index (χ0n) is 9.18. The Hall–Kier alpha value is -2.09. The van der Waals surface area contributed by atoms with Crippen LogP contribution in [0.4, 0.5) is 5.69 Å². The molecular weight excluding hydrogens is 198 g/mol. The van der Waals surface area contributed by atoms with E-state index in [1.54, 1.807) is 11.9 Å². The van der Waals surface area contributed by atoms with Crippen molar-refractivity contribution in [3.05, 3.63) is 55.1 Å². The number of amides is 1. The highest BCUT2D eigenvalue weighted by Crippen LogP contribution is 2.25. The van der Waals surface area contributed by atoms with Gasteiger partial charge >= 0.3 is 0 Å². The average molecular weight is 211 g/mol. The number of benzene rings is 2. The van der Waals surface area contributed by atoms with Crippen LogP contribution in [-0.2, 0) is 4.79 Å². The van der Waals surface area contributed by atoms with Crippen LogP contribution >= 0.6 is 0 Å². The predicted octanol–water partition coefficient (Wildman–Crippen LogP) is 2.99. The molecule has 2 nitrogen and oxygen atoms in total. The summed E-state index contributed by atoms with van der Waals surface area (Å²) in [6.07, 6.45) is 1.32. The van der Waals surface area contributed by atoms with Crippen molar-refractivity contribution in [3.8, 4) is 0 Å². The van der Waals surface area contributed by atoms with Gasteiger partial charge in [0.2, 0.25) is 5.91 Å². The molecule has 0 aliphatic carbocycles.